The number of fused-ring (bicyclic) bond motifs is 1. The molecule has 1 aliphatic rings. The molecule has 0 unspecified atom stereocenters. The lowest BCUT2D eigenvalue weighted by Gasteiger charge is -2.33. The molecule has 3 rings (SSSR count). The van der Waals surface area contributed by atoms with Crippen LogP contribution in [0.15, 0.2) is 52.4 Å². The predicted molar refractivity (Wildman–Crippen MR) is 144 cm³/mol. The highest BCUT2D eigenvalue weighted by Gasteiger charge is 2.55. The minimum atomic E-state index is -4.05. The molecule has 0 spiro atoms. The fourth-order valence-electron chi connectivity index (χ4n) is 4.73. The highest BCUT2D eigenvalue weighted by molar-refractivity contribution is 7.99. The van der Waals surface area contributed by atoms with Crippen LogP contribution in [-0.2, 0) is 14.8 Å². The number of imide groups is 1. The molecule has 1 fully saturated rings. The number of carbonyl (C=O) groups excluding carboxylic acids is 2. The summed E-state index contributed by atoms with van der Waals surface area (Å²) in [6, 6.07) is 11.2. The molecule has 6 N–H and O–H groups in total. The molecule has 1 aliphatic heterocycles. The Morgan fingerprint density at radius 1 is 1.11 bits per heavy atom. The van der Waals surface area contributed by atoms with Crippen molar-refractivity contribution in [2.75, 3.05) is 32.4 Å². The number of nitrogens with zero attached hydrogens (tertiary/aromatic N) is 3. The summed E-state index contributed by atoms with van der Waals surface area (Å²) in [6.45, 7) is 2.03. The van der Waals surface area contributed by atoms with E-state index in [1.165, 1.54) is 6.07 Å². The topological polar surface area (TPSA) is 162 Å². The van der Waals surface area contributed by atoms with Gasteiger partial charge in [-0.1, -0.05) is 30.3 Å². The van der Waals surface area contributed by atoms with E-state index in [9.17, 15) is 18.0 Å². The second kappa shape index (κ2) is 11.6. The van der Waals surface area contributed by atoms with Crippen LogP contribution in [0.1, 0.15) is 26.2 Å². The van der Waals surface area contributed by atoms with E-state index < -0.39 is 33.0 Å². The molecule has 36 heavy (non-hydrogen) atoms. The first kappa shape index (κ1) is 27.9. The van der Waals surface area contributed by atoms with Gasteiger partial charge in [0.15, 0.2) is 5.96 Å². The number of sulfonamides is 1. The summed E-state index contributed by atoms with van der Waals surface area (Å²) in [5, 5.41) is 1.76. The number of thioether (sulfide) groups is 1. The van der Waals surface area contributed by atoms with E-state index >= 15 is 0 Å². The monoisotopic (exact) mass is 535 g/mol. The number of rotatable bonds is 10. The molecule has 0 radical (unpaired) electrons. The van der Waals surface area contributed by atoms with Crippen molar-refractivity contribution in [3.63, 3.8) is 0 Å². The smallest absolute Gasteiger partial charge is 0.370 e. The van der Waals surface area contributed by atoms with Gasteiger partial charge in [0, 0.05) is 19.5 Å². The number of aliphatic imine (C=N–C) groups is 1. The number of urea groups is 1. The Morgan fingerprint density at radius 2 is 1.81 bits per heavy atom. The lowest BCUT2D eigenvalue weighted by molar-refractivity contribution is -0.783. The first-order valence-corrected chi connectivity index (χ1v) is 14.5. The number of hydrogen-bond acceptors (Lipinski definition) is 6. The maximum atomic E-state index is 13.8. The second-order valence-electron chi connectivity index (χ2n) is 9.09. The Balaban J connectivity index is 1.92. The highest BCUT2D eigenvalue weighted by atomic mass is 32.2. The number of guanidine groups is 1. The van der Waals surface area contributed by atoms with Gasteiger partial charge in [0.1, 0.15) is 19.1 Å². The molecule has 196 valence electrons. The fourth-order valence-corrected chi connectivity index (χ4v) is 7.05. The number of unbranched alkanes of at least 4 members (excludes halogenated alkanes) is 1. The number of hydrogen-bond donors (Lipinski definition) is 3. The van der Waals surface area contributed by atoms with E-state index in [0.717, 1.165) is 15.1 Å². The van der Waals surface area contributed by atoms with E-state index in [-0.39, 0.29) is 35.2 Å². The Labute approximate surface area is 216 Å². The Kier molecular flexibility index (Phi) is 8.98. The number of nitrogens with two attached hydrogens (primary N) is 3. The largest absolute Gasteiger partial charge is 0.421 e. The number of likely N-dealkylation sites (tertiary alicyclic amines) is 1. The number of quaternary nitrogens is 1. The van der Waals surface area contributed by atoms with Gasteiger partial charge < -0.3 is 17.2 Å². The van der Waals surface area contributed by atoms with Gasteiger partial charge >= 0.3 is 11.9 Å². The van der Waals surface area contributed by atoms with Crippen LogP contribution in [0.4, 0.5) is 4.79 Å². The van der Waals surface area contributed by atoms with Gasteiger partial charge in [-0.25, -0.2) is 18.0 Å². The van der Waals surface area contributed by atoms with E-state index in [1.54, 1.807) is 23.9 Å². The molecule has 0 aliphatic carbocycles. The first-order chi connectivity index (χ1) is 17.0. The standard InChI is InChI=1S/C24H34N6O4S2/c1-17-13-20(35-2)16-30(17,24(27)32)22(31)15-29(12-6-5-11-28-23(25)26)36(33,34)21-10-9-18-7-3-4-8-19(18)14-21/h3-4,7-10,14,17,20H,5-6,11-13,15-16H2,1-2H3,(H5-,25,26,27,28,32)/p+1/t17-,20+,30-/m1/s1. The summed E-state index contributed by atoms with van der Waals surface area (Å²) in [5.41, 5.74) is 16.5. The molecule has 3 amide bonds. The SMILES string of the molecule is CS[C@H]1C[C@@H](C)[N@@+](C(N)=O)(C(=O)CN(CCCCN=C(N)N)S(=O)(=O)c2ccc3ccccc3c2)C1. The number of carbonyl (C=O) groups is 2. The van der Waals surface area contributed by atoms with Crippen LogP contribution in [0.5, 0.6) is 0 Å². The average molecular weight is 536 g/mol. The van der Waals surface area contributed by atoms with Crippen LogP contribution in [0.2, 0.25) is 0 Å². The second-order valence-corrected chi connectivity index (χ2v) is 12.2. The van der Waals surface area contributed by atoms with Crippen LogP contribution in [-0.4, -0.2) is 78.8 Å². The minimum absolute atomic E-state index is 0.0370. The zero-order chi connectivity index (χ0) is 26.5. The molecule has 2 aromatic rings. The molecular formula is C24H35N6O4S2+. The molecule has 0 aromatic heterocycles. The summed E-state index contributed by atoms with van der Waals surface area (Å²) in [4.78, 5) is 30.3. The highest BCUT2D eigenvalue weighted by Crippen LogP contribution is 2.34. The number of amides is 3. The summed E-state index contributed by atoms with van der Waals surface area (Å²) in [5.74, 6) is -0.551. The van der Waals surface area contributed by atoms with Gasteiger partial charge in [-0.15, -0.1) is 0 Å². The lowest BCUT2D eigenvalue weighted by atomic mass is 10.1. The average Bonchev–Trinajstić information content (AvgIpc) is 3.20. The lowest BCUT2D eigenvalue weighted by Crippen LogP contribution is -2.64. The van der Waals surface area contributed by atoms with Crippen molar-refractivity contribution in [2.24, 2.45) is 22.2 Å². The van der Waals surface area contributed by atoms with Crippen LogP contribution in [0.3, 0.4) is 0 Å². The number of benzene rings is 2. The van der Waals surface area contributed by atoms with Gasteiger partial charge in [0.05, 0.1) is 10.1 Å². The van der Waals surface area contributed by atoms with Crippen molar-refractivity contribution in [1.29, 1.82) is 0 Å². The third-order valence-corrected chi connectivity index (χ3v) is 9.65. The maximum Gasteiger partial charge on any atom is 0.421 e. The molecule has 1 heterocycles. The van der Waals surface area contributed by atoms with Crippen LogP contribution < -0.4 is 17.2 Å². The van der Waals surface area contributed by atoms with Crippen molar-refractivity contribution in [1.82, 2.24) is 4.31 Å². The van der Waals surface area contributed by atoms with Crippen LogP contribution in [0, 0.1) is 0 Å². The predicted octanol–water partition coefficient (Wildman–Crippen LogP) is 1.83. The summed E-state index contributed by atoms with van der Waals surface area (Å²) < 4.78 is 28.1. The minimum Gasteiger partial charge on any atom is -0.370 e. The molecule has 0 saturated carbocycles. The summed E-state index contributed by atoms with van der Waals surface area (Å²) in [7, 11) is -4.05. The van der Waals surface area contributed by atoms with Crippen molar-refractivity contribution >= 4 is 50.5 Å². The first-order valence-electron chi connectivity index (χ1n) is 11.8. The van der Waals surface area contributed by atoms with Crippen molar-refractivity contribution in [3.05, 3.63) is 42.5 Å². The molecule has 3 atom stereocenters. The molecule has 10 nitrogen and oxygen atoms in total. The van der Waals surface area contributed by atoms with Crippen molar-refractivity contribution in [2.45, 2.75) is 42.4 Å². The zero-order valence-corrected chi connectivity index (χ0v) is 22.3. The van der Waals surface area contributed by atoms with Crippen molar-refractivity contribution < 1.29 is 22.5 Å². The van der Waals surface area contributed by atoms with Gasteiger partial charge in [-0.05, 0) is 48.9 Å². The molecule has 0 bridgehead atoms. The molecule has 12 heteroatoms. The van der Waals surface area contributed by atoms with E-state index in [4.69, 9.17) is 17.2 Å². The molecular weight excluding hydrogens is 500 g/mol. The Morgan fingerprint density at radius 3 is 2.42 bits per heavy atom. The van der Waals surface area contributed by atoms with E-state index in [1.807, 2.05) is 37.4 Å². The third-order valence-electron chi connectivity index (χ3n) is 6.80. The van der Waals surface area contributed by atoms with Crippen molar-refractivity contribution in [3.8, 4) is 0 Å². The van der Waals surface area contributed by atoms with Gasteiger partial charge in [0.2, 0.25) is 10.0 Å². The molecule has 1 saturated heterocycles. The zero-order valence-electron chi connectivity index (χ0n) is 20.7. The Bertz CT molecular complexity index is 1250. The van der Waals surface area contributed by atoms with E-state index in [2.05, 4.69) is 4.99 Å². The third kappa shape index (κ3) is 5.83. The number of primary amides is 1. The van der Waals surface area contributed by atoms with Crippen LogP contribution >= 0.6 is 11.8 Å². The van der Waals surface area contributed by atoms with Gasteiger partial charge in [0.25, 0.3) is 0 Å². The maximum absolute atomic E-state index is 13.8. The van der Waals surface area contributed by atoms with E-state index in [0.29, 0.717) is 25.8 Å². The van der Waals surface area contributed by atoms with Gasteiger partial charge in [-0.3, -0.25) is 4.99 Å². The fraction of sp³-hybridized carbons (Fsp3) is 0.458. The quantitative estimate of drug-likeness (QED) is 0.181. The normalized spacial score (nSPS) is 22.1. The van der Waals surface area contributed by atoms with Crippen LogP contribution in [0.25, 0.3) is 10.8 Å². The molecule has 2 aromatic carbocycles. The Hall–Kier alpha value is -2.67. The summed E-state index contributed by atoms with van der Waals surface area (Å²) in [6.07, 6.45) is 3.52. The summed E-state index contributed by atoms with van der Waals surface area (Å²) >= 11 is 1.58. The van der Waals surface area contributed by atoms with Gasteiger partial charge in [-0.2, -0.15) is 20.6 Å².